The number of aliphatic carboxylic acids is 1. The molecule has 2 N–H and O–H groups in total. The molecule has 0 bridgehead atoms. The van der Waals surface area contributed by atoms with Crippen molar-refractivity contribution in [3.05, 3.63) is 64.1 Å². The molecule has 0 aromatic heterocycles. The minimum Gasteiger partial charge on any atom is -0.480 e. The van der Waals surface area contributed by atoms with Gasteiger partial charge in [0.25, 0.3) is 0 Å². The molecule has 2 aromatic carbocycles. The summed E-state index contributed by atoms with van der Waals surface area (Å²) in [6.07, 6.45) is 2.19. The highest BCUT2D eigenvalue weighted by Gasteiger charge is 2.39. The van der Waals surface area contributed by atoms with E-state index in [1.807, 2.05) is 30.3 Å². The molecule has 1 heterocycles. The topological polar surface area (TPSA) is 104 Å². The van der Waals surface area contributed by atoms with Gasteiger partial charge in [0.2, 0.25) is 15.9 Å². The molecule has 2 aromatic rings. The second-order valence-corrected chi connectivity index (χ2v) is 10.4. The van der Waals surface area contributed by atoms with Gasteiger partial charge in [-0.2, -0.15) is 4.31 Å². The summed E-state index contributed by atoms with van der Waals surface area (Å²) in [5.74, 6) is -1.79. The lowest BCUT2D eigenvalue weighted by atomic mass is 10.0. The number of piperidine rings is 1. The maximum Gasteiger partial charge on any atom is 0.326 e. The van der Waals surface area contributed by atoms with Crippen molar-refractivity contribution in [1.29, 1.82) is 0 Å². The number of carboxylic acid groups (broad SMARTS) is 1. The largest absolute Gasteiger partial charge is 0.480 e. The molecule has 0 spiro atoms. The average molecular weight is 499 g/mol. The Morgan fingerprint density at radius 2 is 1.75 bits per heavy atom. The zero-order valence-corrected chi connectivity index (χ0v) is 19.5. The van der Waals surface area contributed by atoms with Gasteiger partial charge in [0.15, 0.2) is 0 Å². The summed E-state index contributed by atoms with van der Waals surface area (Å²) in [5.41, 5.74) is 0.952. The standard InChI is InChI=1S/C22H24Cl2N2O5S/c23-16-12-17(24)14-18(13-16)32(30,31)26-11-5-4-8-20(26)21(27)25-19(22(28)29)10-9-15-6-2-1-3-7-15/h1-3,6-7,12-14,19-20H,4-5,8-11H2,(H,25,27)(H,28,29)/t19-,20-/m0/s1. The molecule has 2 atom stereocenters. The lowest BCUT2D eigenvalue weighted by Gasteiger charge is -2.34. The van der Waals surface area contributed by atoms with E-state index in [-0.39, 0.29) is 27.9 Å². The van der Waals surface area contributed by atoms with Gasteiger partial charge >= 0.3 is 5.97 Å². The Morgan fingerprint density at radius 3 is 2.38 bits per heavy atom. The maximum atomic E-state index is 13.2. The highest BCUT2D eigenvalue weighted by atomic mass is 35.5. The smallest absolute Gasteiger partial charge is 0.326 e. The fourth-order valence-corrected chi connectivity index (χ4v) is 6.13. The molecule has 7 nitrogen and oxygen atoms in total. The zero-order valence-electron chi connectivity index (χ0n) is 17.2. The van der Waals surface area contributed by atoms with E-state index in [1.165, 1.54) is 18.2 Å². The molecule has 1 aliphatic rings. The number of aryl methyl sites for hydroxylation is 1. The third-order valence-corrected chi connectivity index (χ3v) is 7.70. The minimum absolute atomic E-state index is 0.103. The van der Waals surface area contributed by atoms with Crippen LogP contribution in [0.1, 0.15) is 31.2 Å². The Labute approximate surface area is 197 Å². The van der Waals surface area contributed by atoms with E-state index in [4.69, 9.17) is 23.2 Å². The van der Waals surface area contributed by atoms with Gasteiger partial charge in [-0.3, -0.25) is 4.79 Å². The quantitative estimate of drug-likeness (QED) is 0.576. The number of hydrogen-bond acceptors (Lipinski definition) is 4. The number of carbonyl (C=O) groups is 2. The number of sulfonamides is 1. The van der Waals surface area contributed by atoms with Gasteiger partial charge in [0.1, 0.15) is 12.1 Å². The molecule has 1 amide bonds. The molecule has 10 heteroatoms. The summed E-state index contributed by atoms with van der Waals surface area (Å²) in [5, 5.41) is 12.5. The van der Waals surface area contributed by atoms with Crippen molar-refractivity contribution in [2.24, 2.45) is 0 Å². The van der Waals surface area contributed by atoms with Crippen LogP contribution in [0.4, 0.5) is 0 Å². The normalized spacial score (nSPS) is 18.1. The number of carboxylic acids is 1. The van der Waals surface area contributed by atoms with Crippen LogP contribution in [0.15, 0.2) is 53.4 Å². The molecule has 1 aliphatic heterocycles. The second-order valence-electron chi connectivity index (χ2n) is 7.66. The highest BCUT2D eigenvalue weighted by Crippen LogP contribution is 2.29. The summed E-state index contributed by atoms with van der Waals surface area (Å²) >= 11 is 11.9. The van der Waals surface area contributed by atoms with Crippen LogP contribution in [0.2, 0.25) is 10.0 Å². The van der Waals surface area contributed by atoms with E-state index in [1.54, 1.807) is 0 Å². The molecular formula is C22H24Cl2N2O5S. The summed E-state index contributed by atoms with van der Waals surface area (Å²) in [6, 6.07) is 11.2. The molecule has 0 unspecified atom stereocenters. The van der Waals surface area contributed by atoms with Crippen LogP contribution in [-0.4, -0.2) is 48.3 Å². The summed E-state index contributed by atoms with van der Waals surface area (Å²) in [6.45, 7) is 0.145. The first-order valence-corrected chi connectivity index (χ1v) is 12.4. The number of nitrogens with zero attached hydrogens (tertiary/aromatic N) is 1. The second kappa shape index (κ2) is 10.7. The zero-order chi connectivity index (χ0) is 23.3. The Bertz CT molecular complexity index is 1060. The van der Waals surface area contributed by atoms with E-state index in [0.29, 0.717) is 25.7 Å². The van der Waals surface area contributed by atoms with E-state index < -0.39 is 34.0 Å². The predicted molar refractivity (Wildman–Crippen MR) is 122 cm³/mol. The van der Waals surface area contributed by atoms with Gasteiger partial charge in [-0.25, -0.2) is 13.2 Å². The SMILES string of the molecule is O=C(O)[C@H](CCc1ccccc1)NC(=O)[C@@H]1CCCCN1S(=O)(=O)c1cc(Cl)cc(Cl)c1. The average Bonchev–Trinajstić information content (AvgIpc) is 2.76. The van der Waals surface area contributed by atoms with Crippen LogP contribution in [0.3, 0.4) is 0 Å². The van der Waals surface area contributed by atoms with Crippen molar-refractivity contribution in [3.8, 4) is 0 Å². The van der Waals surface area contributed by atoms with Gasteiger partial charge in [-0.1, -0.05) is 60.0 Å². The number of nitrogens with one attached hydrogen (secondary N) is 1. The van der Waals surface area contributed by atoms with Crippen LogP contribution in [0, 0.1) is 0 Å². The first-order valence-electron chi connectivity index (χ1n) is 10.2. The molecule has 0 aliphatic carbocycles. The van der Waals surface area contributed by atoms with Gasteiger partial charge in [0.05, 0.1) is 4.90 Å². The van der Waals surface area contributed by atoms with Gasteiger partial charge in [-0.15, -0.1) is 0 Å². The lowest BCUT2D eigenvalue weighted by molar-refractivity contribution is -0.142. The van der Waals surface area contributed by atoms with Gasteiger partial charge in [0, 0.05) is 16.6 Å². The van der Waals surface area contributed by atoms with Crippen LogP contribution >= 0.6 is 23.2 Å². The summed E-state index contributed by atoms with van der Waals surface area (Å²) in [7, 11) is -4.06. The van der Waals surface area contributed by atoms with Crippen molar-refractivity contribution in [3.63, 3.8) is 0 Å². The fraction of sp³-hybridized carbons (Fsp3) is 0.364. The minimum atomic E-state index is -4.06. The molecule has 1 fully saturated rings. The number of halogens is 2. The van der Waals surface area contributed by atoms with Gasteiger partial charge < -0.3 is 10.4 Å². The molecular weight excluding hydrogens is 475 g/mol. The molecule has 1 saturated heterocycles. The molecule has 3 rings (SSSR count). The van der Waals surface area contributed by atoms with Gasteiger partial charge in [-0.05, 0) is 49.4 Å². The Balaban J connectivity index is 1.77. The Morgan fingerprint density at radius 1 is 1.09 bits per heavy atom. The van der Waals surface area contributed by atoms with Crippen LogP contribution in [0.25, 0.3) is 0 Å². The lowest BCUT2D eigenvalue weighted by Crippen LogP contribution is -2.54. The summed E-state index contributed by atoms with van der Waals surface area (Å²) in [4.78, 5) is 24.6. The Hall–Kier alpha value is -2.13. The van der Waals surface area contributed by atoms with Crippen molar-refractivity contribution in [1.82, 2.24) is 9.62 Å². The molecule has 0 radical (unpaired) electrons. The third kappa shape index (κ3) is 6.01. The number of hydrogen-bond donors (Lipinski definition) is 2. The van der Waals surface area contributed by atoms with E-state index in [2.05, 4.69) is 5.32 Å². The molecule has 32 heavy (non-hydrogen) atoms. The van der Waals surface area contributed by atoms with Crippen molar-refractivity contribution >= 4 is 45.1 Å². The van der Waals surface area contributed by atoms with Crippen molar-refractivity contribution in [2.75, 3.05) is 6.54 Å². The number of rotatable bonds is 8. The third-order valence-electron chi connectivity index (χ3n) is 5.38. The molecule has 172 valence electrons. The van der Waals surface area contributed by atoms with Crippen LogP contribution < -0.4 is 5.32 Å². The summed E-state index contributed by atoms with van der Waals surface area (Å²) < 4.78 is 27.6. The monoisotopic (exact) mass is 498 g/mol. The molecule has 0 saturated carbocycles. The van der Waals surface area contributed by atoms with E-state index in [0.717, 1.165) is 9.87 Å². The van der Waals surface area contributed by atoms with Crippen LogP contribution in [0.5, 0.6) is 0 Å². The van der Waals surface area contributed by atoms with E-state index >= 15 is 0 Å². The first kappa shape index (κ1) is 24.5. The maximum absolute atomic E-state index is 13.2. The van der Waals surface area contributed by atoms with Crippen molar-refractivity contribution < 1.29 is 23.1 Å². The predicted octanol–water partition coefficient (Wildman–Crippen LogP) is 3.74. The fourth-order valence-electron chi connectivity index (χ4n) is 3.75. The van der Waals surface area contributed by atoms with Crippen LogP contribution in [-0.2, 0) is 26.0 Å². The van der Waals surface area contributed by atoms with Crippen molar-refractivity contribution in [2.45, 2.75) is 49.1 Å². The number of amides is 1. The number of carbonyl (C=O) groups excluding carboxylic acids is 1. The first-order chi connectivity index (χ1) is 15.2. The highest BCUT2D eigenvalue weighted by molar-refractivity contribution is 7.89. The van der Waals surface area contributed by atoms with E-state index in [9.17, 15) is 23.1 Å². The Kier molecular flexibility index (Phi) is 8.16. The number of benzene rings is 2.